The molecule has 0 heterocycles. The van der Waals surface area contributed by atoms with Crippen LogP contribution in [-0.2, 0) is 17.6 Å². The van der Waals surface area contributed by atoms with E-state index in [1.807, 2.05) is 7.11 Å². The van der Waals surface area contributed by atoms with Crippen molar-refractivity contribution in [2.45, 2.75) is 31.8 Å². The molecule has 0 aliphatic heterocycles. The van der Waals surface area contributed by atoms with E-state index < -0.39 is 0 Å². The maximum Gasteiger partial charge on any atom is 0.0890 e. The molecule has 1 nitrogen and oxygen atoms in total. The minimum Gasteiger partial charge on any atom is -0.376 e. The Morgan fingerprint density at radius 3 is 1.65 bits per heavy atom. The van der Waals surface area contributed by atoms with Crippen LogP contribution in [0.15, 0.2) is 84.9 Å². The van der Waals surface area contributed by atoms with Gasteiger partial charge in [0.15, 0.2) is 0 Å². The number of hydrogen-bond acceptors (Lipinski definition) is 1. The lowest BCUT2D eigenvalue weighted by Crippen LogP contribution is -2.14. The molecule has 1 heteroatoms. The summed E-state index contributed by atoms with van der Waals surface area (Å²) >= 11 is 0. The molecule has 0 saturated heterocycles. The van der Waals surface area contributed by atoms with Crippen molar-refractivity contribution in [3.63, 3.8) is 0 Å². The highest BCUT2D eigenvalue weighted by atomic mass is 16.5. The molecule has 2 aliphatic rings. The number of methoxy groups -OCH3 is 1. The van der Waals surface area contributed by atoms with Crippen molar-refractivity contribution in [1.82, 2.24) is 0 Å². The lowest BCUT2D eigenvalue weighted by atomic mass is 9.84. The first-order chi connectivity index (χ1) is 15.3. The molecule has 4 aromatic carbocycles. The third kappa shape index (κ3) is 2.80. The van der Waals surface area contributed by atoms with E-state index in [9.17, 15) is 0 Å². The van der Waals surface area contributed by atoms with Crippen molar-refractivity contribution >= 4 is 0 Å². The molecule has 0 spiro atoms. The second-order valence-electron chi connectivity index (χ2n) is 8.86. The number of ether oxygens (including phenoxy) is 1. The van der Waals surface area contributed by atoms with E-state index in [-0.39, 0.29) is 12.0 Å². The Morgan fingerprint density at radius 1 is 0.581 bits per heavy atom. The maximum absolute atomic E-state index is 6.21. The zero-order chi connectivity index (χ0) is 20.9. The van der Waals surface area contributed by atoms with Gasteiger partial charge in [0.2, 0.25) is 0 Å². The minimum absolute atomic E-state index is 0.0273. The molecule has 0 saturated carbocycles. The Morgan fingerprint density at radius 2 is 1.06 bits per heavy atom. The summed E-state index contributed by atoms with van der Waals surface area (Å²) in [5.74, 6) is 0.268. The van der Waals surface area contributed by atoms with Crippen LogP contribution in [0, 0.1) is 0 Å². The second-order valence-corrected chi connectivity index (χ2v) is 8.86. The van der Waals surface area contributed by atoms with Gasteiger partial charge < -0.3 is 4.74 Å². The molecule has 4 aromatic rings. The van der Waals surface area contributed by atoms with E-state index in [0.29, 0.717) is 0 Å². The summed E-state index contributed by atoms with van der Waals surface area (Å²) in [6.07, 6.45) is 2.03. The number of rotatable bonds is 4. The van der Waals surface area contributed by atoms with Gasteiger partial charge in [-0.05, 0) is 68.5 Å². The van der Waals surface area contributed by atoms with Crippen LogP contribution in [0.5, 0.6) is 0 Å². The van der Waals surface area contributed by atoms with Crippen molar-refractivity contribution in [1.29, 1.82) is 0 Å². The summed E-state index contributed by atoms with van der Waals surface area (Å²) in [5, 5.41) is 0. The van der Waals surface area contributed by atoms with Gasteiger partial charge in [0.1, 0.15) is 0 Å². The highest BCUT2D eigenvalue weighted by Gasteiger charge is 2.31. The Hall–Kier alpha value is -3.16. The van der Waals surface area contributed by atoms with E-state index in [1.54, 1.807) is 0 Å². The zero-order valence-corrected chi connectivity index (χ0v) is 18.1. The standard InChI is InChI=1S/C30H26O/c1-19(22-13-7-14-25-23-11-5-3-9-20(23)17-28(22)25)30(31-2)27-16-8-15-26-24-12-6-4-10-21(24)18-29(26)27/h3-16,19,30H,17-18H2,1-2H3. The number of fused-ring (bicyclic) bond motifs is 6. The van der Waals surface area contributed by atoms with Gasteiger partial charge >= 0.3 is 0 Å². The molecule has 0 bridgehead atoms. The van der Waals surface area contributed by atoms with Gasteiger partial charge in [-0.2, -0.15) is 0 Å². The van der Waals surface area contributed by atoms with Crippen LogP contribution < -0.4 is 0 Å². The molecule has 2 unspecified atom stereocenters. The highest BCUT2D eigenvalue weighted by molar-refractivity contribution is 5.79. The van der Waals surface area contributed by atoms with Gasteiger partial charge in [-0.25, -0.2) is 0 Å². The summed E-state index contributed by atoms with van der Waals surface area (Å²) in [6, 6.07) is 31.1. The third-order valence-corrected chi connectivity index (χ3v) is 7.28. The number of hydrogen-bond donors (Lipinski definition) is 0. The van der Waals surface area contributed by atoms with Gasteiger partial charge in [-0.15, -0.1) is 0 Å². The van der Waals surface area contributed by atoms with Crippen molar-refractivity contribution in [3.05, 3.63) is 118 Å². The Bertz CT molecular complexity index is 1300. The van der Waals surface area contributed by atoms with E-state index >= 15 is 0 Å². The van der Waals surface area contributed by atoms with Crippen molar-refractivity contribution in [2.75, 3.05) is 7.11 Å². The van der Waals surface area contributed by atoms with Crippen LogP contribution in [0.2, 0.25) is 0 Å². The number of benzene rings is 4. The molecule has 0 amide bonds. The Labute approximate surface area is 184 Å². The molecule has 2 aliphatic carbocycles. The highest BCUT2D eigenvalue weighted by Crippen LogP contribution is 2.46. The first-order valence-corrected chi connectivity index (χ1v) is 11.2. The maximum atomic E-state index is 6.21. The fourth-order valence-corrected chi connectivity index (χ4v) is 5.82. The minimum atomic E-state index is 0.0273. The predicted molar refractivity (Wildman–Crippen MR) is 128 cm³/mol. The first-order valence-electron chi connectivity index (χ1n) is 11.2. The van der Waals surface area contributed by atoms with Crippen molar-refractivity contribution < 1.29 is 4.74 Å². The average molecular weight is 403 g/mol. The van der Waals surface area contributed by atoms with Crippen LogP contribution in [0.4, 0.5) is 0 Å². The molecule has 6 rings (SSSR count). The SMILES string of the molecule is COC(c1cccc2c1Cc1ccccc1-2)C(C)c1cccc2c1Cc1ccccc1-2. The third-order valence-electron chi connectivity index (χ3n) is 7.28. The zero-order valence-electron chi connectivity index (χ0n) is 18.1. The topological polar surface area (TPSA) is 9.23 Å². The van der Waals surface area contributed by atoms with E-state index in [1.165, 1.54) is 55.6 Å². The first kappa shape index (κ1) is 18.6. The summed E-state index contributed by atoms with van der Waals surface area (Å²) in [5.41, 5.74) is 14.0. The predicted octanol–water partition coefficient (Wildman–Crippen LogP) is 7.32. The van der Waals surface area contributed by atoms with E-state index in [2.05, 4.69) is 91.9 Å². The lowest BCUT2D eigenvalue weighted by Gasteiger charge is -2.27. The van der Waals surface area contributed by atoms with E-state index in [0.717, 1.165) is 12.8 Å². The van der Waals surface area contributed by atoms with Crippen LogP contribution >= 0.6 is 0 Å². The quantitative estimate of drug-likeness (QED) is 0.300. The monoisotopic (exact) mass is 402 g/mol. The second kappa shape index (κ2) is 7.21. The van der Waals surface area contributed by atoms with Gasteiger partial charge in [0.25, 0.3) is 0 Å². The summed E-state index contributed by atoms with van der Waals surface area (Å²) in [6.45, 7) is 2.33. The molecular weight excluding hydrogens is 376 g/mol. The Kier molecular flexibility index (Phi) is 4.33. The normalized spacial score (nSPS) is 15.0. The van der Waals surface area contributed by atoms with Crippen LogP contribution in [-0.4, -0.2) is 7.11 Å². The fraction of sp³-hybridized carbons (Fsp3) is 0.200. The van der Waals surface area contributed by atoms with Gasteiger partial charge in [-0.3, -0.25) is 0 Å². The van der Waals surface area contributed by atoms with Crippen LogP contribution in [0.25, 0.3) is 22.3 Å². The smallest absolute Gasteiger partial charge is 0.0890 e. The Balaban J connectivity index is 1.43. The molecule has 2 atom stereocenters. The lowest BCUT2D eigenvalue weighted by molar-refractivity contribution is 0.0828. The molecule has 31 heavy (non-hydrogen) atoms. The molecule has 152 valence electrons. The van der Waals surface area contributed by atoms with Gasteiger partial charge in [0.05, 0.1) is 6.10 Å². The average Bonchev–Trinajstić information content (AvgIpc) is 3.38. The van der Waals surface area contributed by atoms with Crippen LogP contribution in [0.1, 0.15) is 52.3 Å². The summed E-state index contributed by atoms with van der Waals surface area (Å²) in [4.78, 5) is 0. The molecule has 0 aromatic heterocycles. The van der Waals surface area contributed by atoms with Gasteiger partial charge in [0, 0.05) is 13.0 Å². The van der Waals surface area contributed by atoms with Gasteiger partial charge in [-0.1, -0.05) is 91.9 Å². The van der Waals surface area contributed by atoms with Crippen LogP contribution in [0.3, 0.4) is 0 Å². The molecule has 0 fully saturated rings. The molecule has 0 N–H and O–H groups in total. The molecule has 0 radical (unpaired) electrons. The fourth-order valence-electron chi connectivity index (χ4n) is 5.82. The van der Waals surface area contributed by atoms with E-state index in [4.69, 9.17) is 4.74 Å². The largest absolute Gasteiger partial charge is 0.376 e. The van der Waals surface area contributed by atoms with Crippen molar-refractivity contribution in [3.8, 4) is 22.3 Å². The van der Waals surface area contributed by atoms with Crippen molar-refractivity contribution in [2.24, 2.45) is 0 Å². The molecular formula is C30H26O. The summed E-state index contributed by atoms with van der Waals surface area (Å²) in [7, 11) is 1.86. The summed E-state index contributed by atoms with van der Waals surface area (Å²) < 4.78 is 6.21.